The summed E-state index contributed by atoms with van der Waals surface area (Å²) >= 11 is 0. The molecule has 7 heteroatoms. The first kappa shape index (κ1) is 15.7. The Bertz CT molecular complexity index is 723. The van der Waals surface area contributed by atoms with Gasteiger partial charge in [0.15, 0.2) is 0 Å². The number of ether oxygens (including phenoxy) is 1. The molecule has 1 heterocycles. The van der Waals surface area contributed by atoms with Crippen LogP contribution in [0.4, 0.5) is 0 Å². The van der Waals surface area contributed by atoms with Crippen LogP contribution in [0.15, 0.2) is 35.1 Å². The number of hydrogen-bond acceptors (Lipinski definition) is 5. The Balaban J connectivity index is 2.50. The molecule has 0 aliphatic rings. The van der Waals surface area contributed by atoms with Crippen LogP contribution in [0, 0.1) is 0 Å². The van der Waals surface area contributed by atoms with Crippen LogP contribution in [-0.2, 0) is 6.54 Å². The molecule has 0 fully saturated rings. The van der Waals surface area contributed by atoms with E-state index in [0.29, 0.717) is 18.8 Å². The molecular weight excluding hydrogens is 284 g/mol. The highest BCUT2D eigenvalue weighted by atomic mass is 16.5. The van der Waals surface area contributed by atoms with E-state index in [2.05, 4.69) is 5.10 Å². The number of carbonyl (C=O) groups is 1. The van der Waals surface area contributed by atoms with Gasteiger partial charge in [0.05, 0.1) is 12.3 Å². The number of aryl methyl sites for hydroxylation is 1. The van der Waals surface area contributed by atoms with E-state index in [4.69, 9.17) is 10.6 Å². The molecule has 1 aromatic heterocycles. The molecule has 0 saturated heterocycles. The molecular formula is C15H18N4O3. The summed E-state index contributed by atoms with van der Waals surface area (Å²) in [4.78, 5) is 23.8. The van der Waals surface area contributed by atoms with Crippen molar-refractivity contribution in [2.24, 2.45) is 5.84 Å². The molecule has 0 radical (unpaired) electrons. The van der Waals surface area contributed by atoms with Gasteiger partial charge in [-0.25, -0.2) is 10.5 Å². The van der Waals surface area contributed by atoms with E-state index >= 15 is 0 Å². The molecule has 0 aliphatic carbocycles. The maximum Gasteiger partial charge on any atom is 0.279 e. The summed E-state index contributed by atoms with van der Waals surface area (Å²) in [5.74, 6) is 5.23. The lowest BCUT2D eigenvalue weighted by molar-refractivity contribution is 0.0951. The molecule has 0 bridgehead atoms. The summed E-state index contributed by atoms with van der Waals surface area (Å²) in [5, 5.41) is 4.26. The first-order valence-electron chi connectivity index (χ1n) is 6.97. The second-order valence-electron chi connectivity index (χ2n) is 4.50. The van der Waals surface area contributed by atoms with Crippen molar-refractivity contribution in [3.05, 3.63) is 46.2 Å². The summed E-state index contributed by atoms with van der Waals surface area (Å²) in [6.45, 7) is 4.62. The predicted molar refractivity (Wildman–Crippen MR) is 82.4 cm³/mol. The van der Waals surface area contributed by atoms with Crippen LogP contribution in [0.3, 0.4) is 0 Å². The largest absolute Gasteiger partial charge is 0.494 e. The third-order valence-electron chi connectivity index (χ3n) is 3.11. The van der Waals surface area contributed by atoms with Crippen molar-refractivity contribution in [2.75, 3.05) is 6.61 Å². The quantitative estimate of drug-likeness (QED) is 0.486. The smallest absolute Gasteiger partial charge is 0.279 e. The van der Waals surface area contributed by atoms with Gasteiger partial charge < -0.3 is 4.74 Å². The lowest BCUT2D eigenvalue weighted by atomic mass is 10.1. The van der Waals surface area contributed by atoms with Crippen molar-refractivity contribution >= 4 is 5.91 Å². The molecule has 0 aliphatic heterocycles. The molecule has 0 saturated carbocycles. The van der Waals surface area contributed by atoms with Crippen LogP contribution < -0.4 is 21.6 Å². The summed E-state index contributed by atoms with van der Waals surface area (Å²) in [5.41, 5.74) is 2.76. The first-order chi connectivity index (χ1) is 10.6. The van der Waals surface area contributed by atoms with Crippen LogP contribution in [0.1, 0.15) is 24.2 Å². The number of benzene rings is 1. The number of rotatable bonds is 5. The van der Waals surface area contributed by atoms with Gasteiger partial charge >= 0.3 is 0 Å². The van der Waals surface area contributed by atoms with Gasteiger partial charge in [0.25, 0.3) is 11.5 Å². The van der Waals surface area contributed by atoms with Crippen LogP contribution in [-0.4, -0.2) is 22.3 Å². The van der Waals surface area contributed by atoms with Crippen molar-refractivity contribution in [2.45, 2.75) is 20.4 Å². The average Bonchev–Trinajstić information content (AvgIpc) is 2.55. The number of aromatic nitrogens is 2. The standard InChI is InChI=1S/C15H18N4O3/c1-3-19-15(21)12(14(20)17-16)9-13(18-19)10-5-7-11(8-6-10)22-4-2/h5-9H,3-4,16H2,1-2H3,(H,17,20). The Kier molecular flexibility index (Phi) is 4.90. The highest BCUT2D eigenvalue weighted by Crippen LogP contribution is 2.20. The van der Waals surface area contributed by atoms with Crippen molar-refractivity contribution in [1.29, 1.82) is 0 Å². The third-order valence-corrected chi connectivity index (χ3v) is 3.11. The molecule has 1 aromatic carbocycles. The van der Waals surface area contributed by atoms with E-state index in [0.717, 1.165) is 11.3 Å². The van der Waals surface area contributed by atoms with Gasteiger partial charge in [0.2, 0.25) is 0 Å². The molecule has 2 aromatic rings. The van der Waals surface area contributed by atoms with Gasteiger partial charge in [-0.05, 0) is 44.2 Å². The van der Waals surface area contributed by atoms with Gasteiger partial charge in [0.1, 0.15) is 11.3 Å². The summed E-state index contributed by atoms with van der Waals surface area (Å²) < 4.78 is 6.62. The van der Waals surface area contributed by atoms with Crippen LogP contribution >= 0.6 is 0 Å². The fourth-order valence-electron chi connectivity index (χ4n) is 2.03. The van der Waals surface area contributed by atoms with Crippen LogP contribution in [0.25, 0.3) is 11.3 Å². The normalized spacial score (nSPS) is 10.3. The number of amides is 1. The topological polar surface area (TPSA) is 99.2 Å². The number of nitrogen functional groups attached to an aromatic ring is 1. The lowest BCUT2D eigenvalue weighted by Gasteiger charge is -2.09. The average molecular weight is 302 g/mol. The van der Waals surface area contributed by atoms with Crippen molar-refractivity contribution in [3.63, 3.8) is 0 Å². The molecule has 0 atom stereocenters. The minimum Gasteiger partial charge on any atom is -0.494 e. The maximum atomic E-state index is 12.1. The van der Waals surface area contributed by atoms with E-state index in [-0.39, 0.29) is 5.56 Å². The Morgan fingerprint density at radius 2 is 2.00 bits per heavy atom. The molecule has 0 unspecified atom stereocenters. The minimum atomic E-state index is -0.637. The number of hydrogen-bond donors (Lipinski definition) is 2. The van der Waals surface area contributed by atoms with Gasteiger partial charge in [-0.3, -0.25) is 15.0 Å². The first-order valence-corrected chi connectivity index (χ1v) is 6.97. The van der Waals surface area contributed by atoms with E-state index in [1.54, 1.807) is 6.92 Å². The van der Waals surface area contributed by atoms with Crippen molar-refractivity contribution in [1.82, 2.24) is 15.2 Å². The molecule has 1 amide bonds. The molecule has 7 nitrogen and oxygen atoms in total. The summed E-state index contributed by atoms with van der Waals surface area (Å²) in [6.07, 6.45) is 0. The second-order valence-corrected chi connectivity index (χ2v) is 4.50. The number of hydrazine groups is 1. The summed E-state index contributed by atoms with van der Waals surface area (Å²) in [7, 11) is 0. The Labute approximate surface area is 127 Å². The Morgan fingerprint density at radius 3 is 2.55 bits per heavy atom. The third kappa shape index (κ3) is 3.15. The lowest BCUT2D eigenvalue weighted by Crippen LogP contribution is -2.37. The highest BCUT2D eigenvalue weighted by Gasteiger charge is 2.15. The SMILES string of the molecule is CCOc1ccc(-c2cc(C(=O)NN)c(=O)n(CC)n2)cc1. The van der Waals surface area contributed by atoms with Crippen LogP contribution in [0.2, 0.25) is 0 Å². The fraction of sp³-hybridized carbons (Fsp3) is 0.267. The molecule has 0 spiro atoms. The van der Waals surface area contributed by atoms with E-state index in [1.165, 1.54) is 10.7 Å². The fourth-order valence-corrected chi connectivity index (χ4v) is 2.03. The highest BCUT2D eigenvalue weighted by molar-refractivity contribution is 5.94. The van der Waals surface area contributed by atoms with E-state index in [1.807, 2.05) is 36.6 Å². The Hall–Kier alpha value is -2.67. The number of nitrogens with one attached hydrogen (secondary N) is 1. The maximum absolute atomic E-state index is 12.1. The number of nitrogens with two attached hydrogens (primary N) is 1. The monoisotopic (exact) mass is 302 g/mol. The zero-order valence-corrected chi connectivity index (χ0v) is 12.5. The van der Waals surface area contributed by atoms with Gasteiger partial charge in [-0.2, -0.15) is 5.10 Å². The van der Waals surface area contributed by atoms with Gasteiger partial charge in [-0.1, -0.05) is 0 Å². The summed E-state index contributed by atoms with van der Waals surface area (Å²) in [6, 6.07) is 8.70. The zero-order chi connectivity index (χ0) is 16.1. The van der Waals surface area contributed by atoms with Crippen molar-refractivity contribution in [3.8, 4) is 17.0 Å². The van der Waals surface area contributed by atoms with Crippen molar-refractivity contribution < 1.29 is 9.53 Å². The molecule has 22 heavy (non-hydrogen) atoms. The molecule has 116 valence electrons. The molecule has 3 N–H and O–H groups in total. The van der Waals surface area contributed by atoms with E-state index in [9.17, 15) is 9.59 Å². The van der Waals surface area contributed by atoms with E-state index < -0.39 is 11.5 Å². The second kappa shape index (κ2) is 6.86. The van der Waals surface area contributed by atoms with Crippen LogP contribution in [0.5, 0.6) is 5.75 Å². The minimum absolute atomic E-state index is 0.0387. The predicted octanol–water partition coefficient (Wildman–Crippen LogP) is 0.932. The Morgan fingerprint density at radius 1 is 1.32 bits per heavy atom. The van der Waals surface area contributed by atoms with Gasteiger partial charge in [-0.15, -0.1) is 0 Å². The number of carbonyl (C=O) groups excluding carboxylic acids is 1. The zero-order valence-electron chi connectivity index (χ0n) is 12.5. The molecule has 2 rings (SSSR count). The number of nitrogens with zero attached hydrogens (tertiary/aromatic N) is 2. The van der Waals surface area contributed by atoms with Gasteiger partial charge in [0, 0.05) is 12.1 Å².